The predicted octanol–water partition coefficient (Wildman–Crippen LogP) is 3.29. The molecule has 128 valence electrons. The van der Waals surface area contributed by atoms with Crippen LogP contribution in [0.25, 0.3) is 5.69 Å². The van der Waals surface area contributed by atoms with Crippen LogP contribution < -0.4 is 5.32 Å². The molecule has 2 aromatic carbocycles. The number of carbonyl (C=O) groups excluding carboxylic acids is 1. The molecule has 1 heterocycles. The summed E-state index contributed by atoms with van der Waals surface area (Å²) in [5.41, 5.74) is 4.45. The number of benzene rings is 2. The summed E-state index contributed by atoms with van der Waals surface area (Å²) < 4.78 is 1.91. The Balaban J connectivity index is 1.57. The molecular formula is C19H20N4OS. The van der Waals surface area contributed by atoms with Gasteiger partial charge in [-0.15, -0.1) is 10.2 Å². The number of nitrogens with one attached hydrogen (secondary N) is 1. The number of aryl methyl sites for hydroxylation is 2. The normalized spacial score (nSPS) is 10.6. The first-order chi connectivity index (χ1) is 12.1. The number of para-hydroxylation sites is 1. The maximum Gasteiger partial charge on any atom is 0.230 e. The topological polar surface area (TPSA) is 59.8 Å². The van der Waals surface area contributed by atoms with Crippen LogP contribution in [0.2, 0.25) is 0 Å². The Morgan fingerprint density at radius 3 is 2.64 bits per heavy atom. The van der Waals surface area contributed by atoms with E-state index in [1.165, 1.54) is 17.3 Å². The molecular weight excluding hydrogens is 332 g/mol. The Kier molecular flexibility index (Phi) is 5.50. The lowest BCUT2D eigenvalue weighted by molar-refractivity contribution is -0.118. The molecule has 1 N–H and O–H groups in total. The summed E-state index contributed by atoms with van der Waals surface area (Å²) in [5.74, 6) is 0.279. The second kappa shape index (κ2) is 7.98. The van der Waals surface area contributed by atoms with E-state index in [0.29, 0.717) is 17.5 Å². The Morgan fingerprint density at radius 1 is 1.12 bits per heavy atom. The fourth-order valence-electron chi connectivity index (χ4n) is 2.41. The van der Waals surface area contributed by atoms with Gasteiger partial charge in [0.05, 0.1) is 11.4 Å². The van der Waals surface area contributed by atoms with Crippen molar-refractivity contribution in [2.75, 3.05) is 5.75 Å². The standard InChI is InChI=1S/C19H20N4OS/c1-14-7-9-16(10-8-14)11-20-18(24)12-25-19-22-21-13-23(19)17-6-4-3-5-15(17)2/h3-10,13H,11-12H2,1-2H3,(H,20,24). The van der Waals surface area contributed by atoms with Crippen LogP contribution in [-0.2, 0) is 11.3 Å². The molecule has 25 heavy (non-hydrogen) atoms. The molecule has 3 rings (SSSR count). The number of nitrogens with zero attached hydrogens (tertiary/aromatic N) is 3. The first-order valence-corrected chi connectivity index (χ1v) is 9.03. The first-order valence-electron chi connectivity index (χ1n) is 8.04. The third kappa shape index (κ3) is 4.48. The second-order valence-electron chi connectivity index (χ2n) is 5.82. The monoisotopic (exact) mass is 352 g/mol. The molecule has 0 atom stereocenters. The van der Waals surface area contributed by atoms with Gasteiger partial charge in [0.15, 0.2) is 5.16 Å². The third-order valence-electron chi connectivity index (χ3n) is 3.83. The quantitative estimate of drug-likeness (QED) is 0.692. The van der Waals surface area contributed by atoms with Gasteiger partial charge in [-0.25, -0.2) is 0 Å². The van der Waals surface area contributed by atoms with Crippen molar-refractivity contribution < 1.29 is 4.79 Å². The Bertz CT molecular complexity index is 858. The molecule has 0 aliphatic heterocycles. The largest absolute Gasteiger partial charge is 0.351 e. The van der Waals surface area contributed by atoms with Gasteiger partial charge in [-0.3, -0.25) is 9.36 Å². The minimum absolute atomic E-state index is 0.0232. The average Bonchev–Trinajstić information content (AvgIpc) is 3.08. The lowest BCUT2D eigenvalue weighted by atomic mass is 10.1. The van der Waals surface area contributed by atoms with Gasteiger partial charge >= 0.3 is 0 Å². The molecule has 0 saturated carbocycles. The minimum atomic E-state index is -0.0232. The number of carbonyl (C=O) groups is 1. The van der Waals surface area contributed by atoms with Crippen molar-refractivity contribution in [1.29, 1.82) is 0 Å². The zero-order valence-electron chi connectivity index (χ0n) is 14.3. The summed E-state index contributed by atoms with van der Waals surface area (Å²) >= 11 is 1.38. The van der Waals surface area contributed by atoms with Gasteiger partial charge in [0.25, 0.3) is 0 Å². The van der Waals surface area contributed by atoms with Gasteiger partial charge in [-0.2, -0.15) is 0 Å². The maximum atomic E-state index is 12.1. The molecule has 1 aromatic heterocycles. The van der Waals surface area contributed by atoms with Gasteiger partial charge in [-0.1, -0.05) is 59.8 Å². The van der Waals surface area contributed by atoms with Gasteiger partial charge in [0.1, 0.15) is 6.33 Å². The van der Waals surface area contributed by atoms with E-state index in [9.17, 15) is 4.79 Å². The maximum absolute atomic E-state index is 12.1. The van der Waals surface area contributed by atoms with Gasteiger partial charge in [0, 0.05) is 6.54 Å². The average molecular weight is 352 g/mol. The molecule has 6 heteroatoms. The lowest BCUT2D eigenvalue weighted by Crippen LogP contribution is -2.24. The van der Waals surface area contributed by atoms with Gasteiger partial charge in [0.2, 0.25) is 5.91 Å². The van der Waals surface area contributed by atoms with Crippen molar-refractivity contribution in [2.45, 2.75) is 25.5 Å². The summed E-state index contributed by atoms with van der Waals surface area (Å²) in [5, 5.41) is 11.8. The molecule has 0 spiro atoms. The van der Waals surface area contributed by atoms with Gasteiger partial charge in [-0.05, 0) is 31.0 Å². The van der Waals surface area contributed by atoms with Crippen molar-refractivity contribution in [1.82, 2.24) is 20.1 Å². The Labute approximate surface area is 151 Å². The molecule has 0 saturated heterocycles. The van der Waals surface area contributed by atoms with Crippen LogP contribution in [0, 0.1) is 13.8 Å². The minimum Gasteiger partial charge on any atom is -0.351 e. The molecule has 5 nitrogen and oxygen atoms in total. The van der Waals surface area contributed by atoms with E-state index < -0.39 is 0 Å². The Hall–Kier alpha value is -2.60. The van der Waals surface area contributed by atoms with E-state index >= 15 is 0 Å². The summed E-state index contributed by atoms with van der Waals surface area (Å²) in [6, 6.07) is 16.2. The van der Waals surface area contributed by atoms with Crippen molar-refractivity contribution >= 4 is 17.7 Å². The van der Waals surface area contributed by atoms with E-state index in [-0.39, 0.29) is 5.91 Å². The van der Waals surface area contributed by atoms with E-state index in [1.54, 1.807) is 6.33 Å². The molecule has 0 fully saturated rings. The smallest absolute Gasteiger partial charge is 0.230 e. The van der Waals surface area contributed by atoms with Crippen LogP contribution >= 0.6 is 11.8 Å². The molecule has 1 amide bonds. The van der Waals surface area contributed by atoms with E-state index in [2.05, 4.69) is 15.5 Å². The van der Waals surface area contributed by atoms with E-state index in [1.807, 2.05) is 66.9 Å². The number of hydrogen-bond acceptors (Lipinski definition) is 4. The summed E-state index contributed by atoms with van der Waals surface area (Å²) in [4.78, 5) is 12.1. The number of thioether (sulfide) groups is 1. The second-order valence-corrected chi connectivity index (χ2v) is 6.76. The SMILES string of the molecule is Cc1ccc(CNC(=O)CSc2nncn2-c2ccccc2C)cc1. The molecule has 0 bridgehead atoms. The molecule has 3 aromatic rings. The highest BCUT2D eigenvalue weighted by Crippen LogP contribution is 2.21. The van der Waals surface area contributed by atoms with E-state index in [4.69, 9.17) is 0 Å². The molecule has 0 unspecified atom stereocenters. The Morgan fingerprint density at radius 2 is 1.88 bits per heavy atom. The zero-order chi connectivity index (χ0) is 17.6. The zero-order valence-corrected chi connectivity index (χ0v) is 15.1. The van der Waals surface area contributed by atoms with Crippen molar-refractivity contribution in [2.24, 2.45) is 0 Å². The van der Waals surface area contributed by atoms with Crippen LogP contribution in [0.15, 0.2) is 60.0 Å². The van der Waals surface area contributed by atoms with Crippen molar-refractivity contribution in [3.63, 3.8) is 0 Å². The highest BCUT2D eigenvalue weighted by atomic mass is 32.2. The highest BCUT2D eigenvalue weighted by Gasteiger charge is 2.11. The molecule has 0 radical (unpaired) electrons. The number of rotatable bonds is 6. The third-order valence-corrected chi connectivity index (χ3v) is 4.78. The van der Waals surface area contributed by atoms with Crippen LogP contribution in [0.4, 0.5) is 0 Å². The fourth-order valence-corrected chi connectivity index (χ4v) is 3.16. The molecule has 0 aliphatic carbocycles. The predicted molar refractivity (Wildman–Crippen MR) is 99.8 cm³/mol. The number of aromatic nitrogens is 3. The summed E-state index contributed by atoms with van der Waals surface area (Å²) in [7, 11) is 0. The van der Waals surface area contributed by atoms with Crippen LogP contribution in [0.1, 0.15) is 16.7 Å². The van der Waals surface area contributed by atoms with E-state index in [0.717, 1.165) is 16.8 Å². The first kappa shape index (κ1) is 17.2. The summed E-state index contributed by atoms with van der Waals surface area (Å²) in [6.07, 6.45) is 1.68. The fraction of sp³-hybridized carbons (Fsp3) is 0.211. The lowest BCUT2D eigenvalue weighted by Gasteiger charge is -2.09. The van der Waals surface area contributed by atoms with Gasteiger partial charge < -0.3 is 5.32 Å². The summed E-state index contributed by atoms with van der Waals surface area (Å²) in [6.45, 7) is 4.62. The highest BCUT2D eigenvalue weighted by molar-refractivity contribution is 7.99. The van der Waals surface area contributed by atoms with Crippen LogP contribution in [-0.4, -0.2) is 26.4 Å². The number of amides is 1. The van der Waals surface area contributed by atoms with Crippen LogP contribution in [0.3, 0.4) is 0 Å². The van der Waals surface area contributed by atoms with Crippen molar-refractivity contribution in [3.05, 3.63) is 71.5 Å². The number of hydrogen-bond donors (Lipinski definition) is 1. The molecule has 0 aliphatic rings. The van der Waals surface area contributed by atoms with Crippen LogP contribution in [0.5, 0.6) is 0 Å². The van der Waals surface area contributed by atoms with Crippen molar-refractivity contribution in [3.8, 4) is 5.69 Å².